The molecule has 1 aliphatic rings. The van der Waals surface area contributed by atoms with Crippen molar-refractivity contribution in [3.63, 3.8) is 0 Å². The van der Waals surface area contributed by atoms with E-state index in [0.29, 0.717) is 0 Å². The van der Waals surface area contributed by atoms with E-state index in [1.807, 2.05) is 0 Å². The molecule has 0 unspecified atom stereocenters. The van der Waals surface area contributed by atoms with Gasteiger partial charge in [-0.05, 0) is 56.6 Å². The standard InChI is InChI=1S/C18H12.C4H8/c1-2-6-14-10-18-12-16-8-4-3-7-15(16)11-17(18)9-13(14)5-1;1-2-4-3-1/h1-12H;1-4H2. The van der Waals surface area contributed by atoms with Crippen LogP contribution in [-0.4, -0.2) is 0 Å². The van der Waals surface area contributed by atoms with Crippen molar-refractivity contribution in [3.05, 3.63) is 72.8 Å². The van der Waals surface area contributed by atoms with Crippen LogP contribution in [0.2, 0.25) is 0 Å². The highest BCUT2D eigenvalue weighted by molar-refractivity contribution is 6.04. The van der Waals surface area contributed by atoms with Gasteiger partial charge in [-0.2, -0.15) is 0 Å². The summed E-state index contributed by atoms with van der Waals surface area (Å²) in [7, 11) is 0. The highest BCUT2D eigenvalue weighted by Crippen LogP contribution is 2.27. The summed E-state index contributed by atoms with van der Waals surface area (Å²) in [6.45, 7) is 0. The van der Waals surface area contributed by atoms with Crippen LogP contribution in [0.15, 0.2) is 72.8 Å². The second kappa shape index (κ2) is 5.81. The summed E-state index contributed by atoms with van der Waals surface area (Å²) in [5.41, 5.74) is 0. The van der Waals surface area contributed by atoms with E-state index in [0.717, 1.165) is 0 Å². The molecular formula is C22H20. The molecule has 0 nitrogen and oxygen atoms in total. The summed E-state index contributed by atoms with van der Waals surface area (Å²) >= 11 is 0. The van der Waals surface area contributed by atoms with E-state index in [1.165, 1.54) is 58.0 Å². The average molecular weight is 284 g/mol. The smallest absolute Gasteiger partial charge is 0.0171 e. The monoisotopic (exact) mass is 284 g/mol. The van der Waals surface area contributed by atoms with Gasteiger partial charge in [-0.3, -0.25) is 0 Å². The van der Waals surface area contributed by atoms with Gasteiger partial charge in [-0.25, -0.2) is 0 Å². The van der Waals surface area contributed by atoms with Crippen molar-refractivity contribution in [3.8, 4) is 0 Å². The summed E-state index contributed by atoms with van der Waals surface area (Å²) < 4.78 is 0. The van der Waals surface area contributed by atoms with Crippen LogP contribution in [0.3, 0.4) is 0 Å². The second-order valence-corrected chi connectivity index (χ2v) is 6.16. The van der Waals surface area contributed by atoms with E-state index >= 15 is 0 Å². The Balaban J connectivity index is 0.000000274. The van der Waals surface area contributed by atoms with Crippen LogP contribution in [0.25, 0.3) is 32.3 Å². The predicted molar refractivity (Wildman–Crippen MR) is 97.4 cm³/mol. The highest BCUT2D eigenvalue weighted by atomic mass is 14.0. The number of benzene rings is 4. The number of fused-ring (bicyclic) bond motifs is 3. The van der Waals surface area contributed by atoms with Gasteiger partial charge in [-0.1, -0.05) is 74.2 Å². The van der Waals surface area contributed by atoms with Crippen LogP contribution >= 0.6 is 0 Å². The quantitative estimate of drug-likeness (QED) is 0.315. The third kappa shape index (κ3) is 2.57. The van der Waals surface area contributed by atoms with Crippen molar-refractivity contribution in [2.75, 3.05) is 0 Å². The molecule has 0 heterocycles. The van der Waals surface area contributed by atoms with Gasteiger partial charge in [0, 0.05) is 0 Å². The summed E-state index contributed by atoms with van der Waals surface area (Å²) in [6, 6.07) is 26.2. The molecule has 108 valence electrons. The Kier molecular flexibility index (Phi) is 3.52. The van der Waals surface area contributed by atoms with Crippen molar-refractivity contribution in [1.29, 1.82) is 0 Å². The minimum absolute atomic E-state index is 1.31. The molecule has 0 bridgehead atoms. The maximum Gasteiger partial charge on any atom is -0.0171 e. The molecule has 0 aromatic heterocycles. The molecule has 1 saturated carbocycles. The van der Waals surface area contributed by atoms with Crippen LogP contribution in [-0.2, 0) is 0 Å². The van der Waals surface area contributed by atoms with Gasteiger partial charge >= 0.3 is 0 Å². The van der Waals surface area contributed by atoms with Gasteiger partial charge in [0.05, 0.1) is 0 Å². The second-order valence-electron chi connectivity index (χ2n) is 6.16. The van der Waals surface area contributed by atoms with E-state index in [4.69, 9.17) is 0 Å². The van der Waals surface area contributed by atoms with Crippen LogP contribution in [0.4, 0.5) is 0 Å². The van der Waals surface area contributed by atoms with Crippen LogP contribution < -0.4 is 0 Å². The van der Waals surface area contributed by atoms with Gasteiger partial charge < -0.3 is 0 Å². The summed E-state index contributed by atoms with van der Waals surface area (Å²) in [5, 5.41) is 7.85. The molecule has 0 atom stereocenters. The molecule has 0 aliphatic heterocycles. The van der Waals surface area contributed by atoms with Crippen molar-refractivity contribution in [2.24, 2.45) is 0 Å². The van der Waals surface area contributed by atoms with E-state index in [-0.39, 0.29) is 0 Å². The maximum atomic E-state index is 2.27. The largest absolute Gasteiger partial charge is 0.0616 e. The molecule has 5 rings (SSSR count). The van der Waals surface area contributed by atoms with Crippen molar-refractivity contribution in [1.82, 2.24) is 0 Å². The lowest BCUT2D eigenvalue weighted by atomic mass is 10.00. The normalized spacial score (nSPS) is 13.6. The fraction of sp³-hybridized carbons (Fsp3) is 0.182. The summed E-state index contributed by atoms with van der Waals surface area (Å²) in [4.78, 5) is 0. The molecule has 0 radical (unpaired) electrons. The van der Waals surface area contributed by atoms with E-state index in [2.05, 4.69) is 72.8 Å². The van der Waals surface area contributed by atoms with E-state index in [9.17, 15) is 0 Å². The lowest BCUT2D eigenvalue weighted by Crippen LogP contribution is -1.85. The van der Waals surface area contributed by atoms with Crippen molar-refractivity contribution < 1.29 is 0 Å². The molecule has 0 spiro atoms. The Bertz CT molecular complexity index is 782. The summed E-state index contributed by atoms with van der Waals surface area (Å²) in [5.74, 6) is 0. The molecule has 4 aromatic carbocycles. The third-order valence-electron chi connectivity index (χ3n) is 4.57. The fourth-order valence-corrected chi connectivity index (χ4v) is 2.88. The van der Waals surface area contributed by atoms with Crippen LogP contribution in [0.1, 0.15) is 25.7 Å². The molecule has 0 saturated heterocycles. The van der Waals surface area contributed by atoms with Gasteiger partial charge in [-0.15, -0.1) is 0 Å². The van der Waals surface area contributed by atoms with E-state index in [1.54, 1.807) is 0 Å². The Labute approximate surface area is 131 Å². The number of hydrogen-bond donors (Lipinski definition) is 0. The molecule has 1 fully saturated rings. The topological polar surface area (TPSA) is 0 Å². The number of rotatable bonds is 0. The lowest BCUT2D eigenvalue weighted by Gasteiger charge is -2.05. The zero-order valence-corrected chi connectivity index (χ0v) is 12.8. The molecule has 4 aromatic rings. The first-order chi connectivity index (χ1) is 10.9. The zero-order valence-electron chi connectivity index (χ0n) is 12.8. The molecule has 1 aliphatic carbocycles. The summed E-state index contributed by atoms with van der Waals surface area (Å²) in [6.07, 6.45) is 6.00. The average Bonchev–Trinajstić information content (AvgIpc) is 2.49. The Hall–Kier alpha value is -2.34. The minimum atomic E-state index is 1.31. The SMILES string of the molecule is C1CCC1.c1ccc2cc3cc4ccccc4cc3cc2c1. The molecule has 0 amide bonds. The van der Waals surface area contributed by atoms with Gasteiger partial charge in [0.1, 0.15) is 0 Å². The first kappa shape index (κ1) is 13.3. The third-order valence-corrected chi connectivity index (χ3v) is 4.57. The predicted octanol–water partition coefficient (Wildman–Crippen LogP) is 6.71. The molecule has 22 heavy (non-hydrogen) atoms. The van der Waals surface area contributed by atoms with Crippen LogP contribution in [0, 0.1) is 0 Å². The Morgan fingerprint density at radius 3 is 0.864 bits per heavy atom. The van der Waals surface area contributed by atoms with Crippen LogP contribution in [0.5, 0.6) is 0 Å². The lowest BCUT2D eigenvalue weighted by molar-refractivity contribution is 0.504. The number of hydrogen-bond acceptors (Lipinski definition) is 0. The minimum Gasteiger partial charge on any atom is -0.0616 e. The highest BCUT2D eigenvalue weighted by Gasteiger charge is 2.00. The Morgan fingerprint density at radius 1 is 0.364 bits per heavy atom. The molecule has 0 N–H and O–H groups in total. The van der Waals surface area contributed by atoms with Gasteiger partial charge in [0.25, 0.3) is 0 Å². The molecule has 0 heteroatoms. The van der Waals surface area contributed by atoms with Crippen molar-refractivity contribution >= 4 is 32.3 Å². The van der Waals surface area contributed by atoms with Gasteiger partial charge in [0.15, 0.2) is 0 Å². The molecular weight excluding hydrogens is 264 g/mol. The fourth-order valence-electron chi connectivity index (χ4n) is 2.88. The Morgan fingerprint density at radius 2 is 0.636 bits per heavy atom. The maximum absolute atomic E-state index is 2.27. The van der Waals surface area contributed by atoms with Gasteiger partial charge in [0.2, 0.25) is 0 Å². The first-order valence-electron chi connectivity index (χ1n) is 8.21. The van der Waals surface area contributed by atoms with E-state index < -0.39 is 0 Å². The first-order valence-corrected chi connectivity index (χ1v) is 8.21. The zero-order chi connectivity index (χ0) is 14.8. The van der Waals surface area contributed by atoms with Crippen molar-refractivity contribution in [2.45, 2.75) is 25.7 Å².